The first-order valence-corrected chi connectivity index (χ1v) is 8.26. The van der Waals surface area contributed by atoms with E-state index in [0.29, 0.717) is 13.2 Å². The van der Waals surface area contributed by atoms with E-state index in [0.717, 1.165) is 40.5 Å². The van der Waals surface area contributed by atoms with E-state index in [1.54, 1.807) is 11.3 Å². The van der Waals surface area contributed by atoms with Crippen LogP contribution in [-0.4, -0.2) is 61.8 Å². The second kappa shape index (κ2) is 6.80. The summed E-state index contributed by atoms with van der Waals surface area (Å²) in [5.74, 6) is 7.23. The molecule has 22 heavy (non-hydrogen) atoms. The van der Waals surface area contributed by atoms with Crippen LogP contribution in [0.3, 0.4) is 0 Å². The number of aromatic nitrogens is 2. The predicted molar refractivity (Wildman–Crippen MR) is 90.9 cm³/mol. The van der Waals surface area contributed by atoms with Crippen molar-refractivity contribution in [1.29, 1.82) is 0 Å². The average molecular weight is 337 g/mol. The zero-order valence-corrected chi connectivity index (χ0v) is 14.2. The first-order chi connectivity index (χ1) is 10.6. The lowest BCUT2D eigenvalue weighted by Gasteiger charge is -2.28. The maximum absolute atomic E-state index is 6.08. The Morgan fingerprint density at radius 1 is 1.36 bits per heavy atom. The van der Waals surface area contributed by atoms with Crippen molar-refractivity contribution in [2.75, 3.05) is 51.8 Å². The molecule has 0 saturated carbocycles. The third-order valence-electron chi connectivity index (χ3n) is 3.24. The highest BCUT2D eigenvalue weighted by atomic mass is 35.5. The molecule has 0 atom stereocenters. The van der Waals surface area contributed by atoms with E-state index in [9.17, 15) is 0 Å². The van der Waals surface area contributed by atoms with E-state index in [-0.39, 0.29) is 5.28 Å². The zero-order chi connectivity index (χ0) is 15.5. The quantitative estimate of drug-likeness (QED) is 0.620. The summed E-state index contributed by atoms with van der Waals surface area (Å²) in [6.45, 7) is 3.80. The molecule has 0 aromatic carbocycles. The minimum absolute atomic E-state index is 0.277. The van der Waals surface area contributed by atoms with Crippen LogP contribution in [0, 0.1) is 11.8 Å². The minimum Gasteiger partial charge on any atom is -0.378 e. The SMILES string of the molecule is CN(C)CC#Cc1cc2nc(Cl)nc(N3CCOCC3)c2s1. The fraction of sp³-hybridized carbons (Fsp3) is 0.467. The molecule has 116 valence electrons. The van der Waals surface area contributed by atoms with Gasteiger partial charge in [-0.1, -0.05) is 11.8 Å². The summed E-state index contributed by atoms with van der Waals surface area (Å²) in [6, 6.07) is 1.99. The molecule has 1 aliphatic rings. The molecule has 1 aliphatic heterocycles. The summed E-state index contributed by atoms with van der Waals surface area (Å²) in [4.78, 5) is 14.0. The fourth-order valence-corrected chi connectivity index (χ4v) is 3.38. The first-order valence-electron chi connectivity index (χ1n) is 7.07. The van der Waals surface area contributed by atoms with E-state index in [4.69, 9.17) is 16.3 Å². The molecule has 1 saturated heterocycles. The highest BCUT2D eigenvalue weighted by molar-refractivity contribution is 7.20. The summed E-state index contributed by atoms with van der Waals surface area (Å²) >= 11 is 7.70. The van der Waals surface area contributed by atoms with E-state index in [2.05, 4.69) is 26.7 Å². The molecule has 1 fully saturated rings. The molecule has 3 heterocycles. The number of morpholine rings is 1. The van der Waals surface area contributed by atoms with E-state index in [1.807, 2.05) is 25.1 Å². The lowest BCUT2D eigenvalue weighted by Crippen LogP contribution is -2.36. The third-order valence-corrected chi connectivity index (χ3v) is 4.45. The lowest BCUT2D eigenvalue weighted by molar-refractivity contribution is 0.122. The molecule has 0 unspecified atom stereocenters. The maximum Gasteiger partial charge on any atom is 0.224 e. The average Bonchev–Trinajstić information content (AvgIpc) is 2.89. The van der Waals surface area contributed by atoms with Gasteiger partial charge in [0.1, 0.15) is 0 Å². The number of hydrogen-bond donors (Lipinski definition) is 0. The van der Waals surface area contributed by atoms with Crippen molar-refractivity contribution in [2.45, 2.75) is 0 Å². The van der Waals surface area contributed by atoms with Crippen molar-refractivity contribution < 1.29 is 4.74 Å². The van der Waals surface area contributed by atoms with Crippen LogP contribution >= 0.6 is 22.9 Å². The van der Waals surface area contributed by atoms with E-state index < -0.39 is 0 Å². The van der Waals surface area contributed by atoms with Gasteiger partial charge in [-0.15, -0.1) is 11.3 Å². The Balaban J connectivity index is 1.97. The molecule has 0 N–H and O–H groups in total. The number of halogens is 1. The molecule has 0 amide bonds. The number of nitrogens with zero attached hydrogens (tertiary/aromatic N) is 4. The Morgan fingerprint density at radius 3 is 2.86 bits per heavy atom. The molecular weight excluding hydrogens is 320 g/mol. The molecule has 0 radical (unpaired) electrons. The maximum atomic E-state index is 6.08. The predicted octanol–water partition coefficient (Wildman–Crippen LogP) is 2.09. The van der Waals surface area contributed by atoms with Gasteiger partial charge in [-0.25, -0.2) is 4.98 Å². The molecule has 0 spiro atoms. The molecular formula is C15H17ClN4OS. The Labute approximate surface area is 138 Å². The Kier molecular flexibility index (Phi) is 4.79. The molecule has 3 rings (SSSR count). The second-order valence-corrected chi connectivity index (χ2v) is 6.67. The van der Waals surface area contributed by atoms with Crippen molar-refractivity contribution >= 4 is 39.0 Å². The summed E-state index contributed by atoms with van der Waals surface area (Å²) in [7, 11) is 4.00. The van der Waals surface area contributed by atoms with E-state index >= 15 is 0 Å². The zero-order valence-electron chi connectivity index (χ0n) is 12.6. The standard InChI is InChI=1S/C15H17ClN4OS/c1-19(2)5-3-4-11-10-12-13(22-11)14(18-15(16)17-12)20-6-8-21-9-7-20/h10H,5-9H2,1-2H3. The van der Waals surface area contributed by atoms with Gasteiger partial charge in [-0.05, 0) is 31.8 Å². The van der Waals surface area contributed by atoms with Gasteiger partial charge in [0.2, 0.25) is 5.28 Å². The van der Waals surface area contributed by atoms with Crippen LogP contribution in [0.4, 0.5) is 5.82 Å². The van der Waals surface area contributed by atoms with Gasteiger partial charge in [0, 0.05) is 13.1 Å². The summed E-state index contributed by atoms with van der Waals surface area (Å²) in [6.07, 6.45) is 0. The van der Waals surface area contributed by atoms with Crippen LogP contribution in [0.25, 0.3) is 10.2 Å². The topological polar surface area (TPSA) is 41.5 Å². The van der Waals surface area contributed by atoms with Crippen molar-refractivity contribution in [3.8, 4) is 11.8 Å². The normalized spacial score (nSPS) is 15.2. The van der Waals surface area contributed by atoms with Crippen molar-refractivity contribution in [3.63, 3.8) is 0 Å². The fourth-order valence-electron chi connectivity index (χ4n) is 2.22. The van der Waals surface area contributed by atoms with Crippen LogP contribution in [0.5, 0.6) is 0 Å². The monoisotopic (exact) mass is 336 g/mol. The smallest absolute Gasteiger partial charge is 0.224 e. The van der Waals surface area contributed by atoms with Crippen molar-refractivity contribution in [2.24, 2.45) is 0 Å². The number of rotatable bonds is 2. The lowest BCUT2D eigenvalue weighted by atomic mass is 10.3. The van der Waals surface area contributed by atoms with Crippen LogP contribution < -0.4 is 4.90 Å². The summed E-state index contributed by atoms with van der Waals surface area (Å²) in [5.41, 5.74) is 0.862. The molecule has 2 aromatic rings. The van der Waals surface area contributed by atoms with Crippen LogP contribution in [0.2, 0.25) is 5.28 Å². The third kappa shape index (κ3) is 3.50. The minimum atomic E-state index is 0.277. The summed E-state index contributed by atoms with van der Waals surface area (Å²) in [5, 5.41) is 0.277. The van der Waals surface area contributed by atoms with Gasteiger partial charge in [0.25, 0.3) is 0 Å². The number of thiophene rings is 1. The highest BCUT2D eigenvalue weighted by Gasteiger charge is 2.18. The molecule has 0 bridgehead atoms. The molecule has 2 aromatic heterocycles. The number of hydrogen-bond acceptors (Lipinski definition) is 6. The summed E-state index contributed by atoms with van der Waals surface area (Å²) < 4.78 is 6.44. The van der Waals surface area contributed by atoms with Gasteiger partial charge in [0.15, 0.2) is 5.82 Å². The molecule has 0 aliphatic carbocycles. The van der Waals surface area contributed by atoms with Crippen molar-refractivity contribution in [1.82, 2.24) is 14.9 Å². The number of ether oxygens (including phenoxy) is 1. The second-order valence-electron chi connectivity index (χ2n) is 5.28. The largest absolute Gasteiger partial charge is 0.378 e. The number of fused-ring (bicyclic) bond motifs is 1. The van der Waals surface area contributed by atoms with Gasteiger partial charge >= 0.3 is 0 Å². The first kappa shape index (κ1) is 15.5. The van der Waals surface area contributed by atoms with E-state index in [1.165, 1.54) is 0 Å². The van der Waals surface area contributed by atoms with Crippen LogP contribution in [-0.2, 0) is 4.74 Å². The Morgan fingerprint density at radius 2 is 2.14 bits per heavy atom. The number of anilines is 1. The van der Waals surface area contributed by atoms with Crippen LogP contribution in [0.15, 0.2) is 6.07 Å². The van der Waals surface area contributed by atoms with Gasteiger partial charge in [0.05, 0.1) is 34.9 Å². The molecule has 7 heteroatoms. The molecule has 5 nitrogen and oxygen atoms in total. The van der Waals surface area contributed by atoms with Crippen molar-refractivity contribution in [3.05, 3.63) is 16.2 Å². The Bertz CT molecular complexity index is 728. The van der Waals surface area contributed by atoms with Gasteiger partial charge in [-0.3, -0.25) is 4.90 Å². The van der Waals surface area contributed by atoms with Crippen LogP contribution in [0.1, 0.15) is 4.88 Å². The Hall–Kier alpha value is -1.39. The van der Waals surface area contributed by atoms with Gasteiger partial charge in [-0.2, -0.15) is 4.98 Å². The van der Waals surface area contributed by atoms with Gasteiger partial charge < -0.3 is 9.64 Å². The highest BCUT2D eigenvalue weighted by Crippen LogP contribution is 2.32.